The molecule has 16 heavy (non-hydrogen) atoms. The summed E-state index contributed by atoms with van der Waals surface area (Å²) in [5.74, 6) is -0.202. The van der Waals surface area contributed by atoms with E-state index in [0.29, 0.717) is 5.56 Å². The van der Waals surface area contributed by atoms with Gasteiger partial charge in [-0.1, -0.05) is 0 Å². The first-order valence-electron chi connectivity index (χ1n) is 5.05. The quantitative estimate of drug-likeness (QED) is 0.559. The smallest absolute Gasteiger partial charge is 0.309 e. The molecule has 0 N–H and O–H groups in total. The van der Waals surface area contributed by atoms with Gasteiger partial charge in [0.1, 0.15) is 6.16 Å². The highest BCUT2D eigenvalue weighted by Crippen LogP contribution is 2.48. The van der Waals surface area contributed by atoms with Crippen molar-refractivity contribution in [2.75, 3.05) is 19.4 Å². The van der Waals surface area contributed by atoms with E-state index in [-0.39, 0.29) is 25.2 Å². The van der Waals surface area contributed by atoms with E-state index in [1.807, 2.05) is 0 Å². The maximum atomic E-state index is 12.1. The van der Waals surface area contributed by atoms with Gasteiger partial charge in [0.15, 0.2) is 5.78 Å². The van der Waals surface area contributed by atoms with E-state index in [1.165, 1.54) is 11.3 Å². The summed E-state index contributed by atoms with van der Waals surface area (Å²) in [7, 11) is -3.26. The maximum Gasteiger partial charge on any atom is 0.338 e. The van der Waals surface area contributed by atoms with Crippen LogP contribution in [0, 0.1) is 0 Å². The normalized spacial score (nSPS) is 11.6. The van der Waals surface area contributed by atoms with E-state index < -0.39 is 7.60 Å². The second-order valence-electron chi connectivity index (χ2n) is 3.04. The lowest BCUT2D eigenvalue weighted by Crippen LogP contribution is -2.09. The standard InChI is InChI=1S/C10H15O4PS/c1-3-13-15(12,14-4-2)7-10(11)9-5-6-16-8-9/h5-6,8H,3-4,7H2,1-2H3. The third kappa shape index (κ3) is 3.83. The first-order valence-corrected chi connectivity index (χ1v) is 7.72. The summed E-state index contributed by atoms with van der Waals surface area (Å²) in [5.41, 5.74) is 0.560. The molecule has 0 aliphatic carbocycles. The van der Waals surface area contributed by atoms with E-state index >= 15 is 0 Å². The number of carbonyl (C=O) groups excluding carboxylic acids is 1. The van der Waals surface area contributed by atoms with Crippen LogP contribution in [-0.4, -0.2) is 25.2 Å². The number of hydrogen-bond donors (Lipinski definition) is 0. The molecule has 1 heterocycles. The minimum atomic E-state index is -3.26. The van der Waals surface area contributed by atoms with Crippen molar-refractivity contribution in [2.45, 2.75) is 13.8 Å². The Hall–Kier alpha value is -0.480. The molecule has 0 spiro atoms. The molecule has 0 aromatic carbocycles. The van der Waals surface area contributed by atoms with Crippen LogP contribution in [0.25, 0.3) is 0 Å². The fraction of sp³-hybridized carbons (Fsp3) is 0.500. The van der Waals surface area contributed by atoms with Crippen LogP contribution in [0.4, 0.5) is 0 Å². The number of rotatable bonds is 7. The van der Waals surface area contributed by atoms with E-state index in [2.05, 4.69) is 0 Å². The number of carbonyl (C=O) groups is 1. The van der Waals surface area contributed by atoms with Gasteiger partial charge in [0.05, 0.1) is 13.2 Å². The van der Waals surface area contributed by atoms with E-state index in [1.54, 1.807) is 30.7 Å². The largest absolute Gasteiger partial charge is 0.338 e. The van der Waals surface area contributed by atoms with Gasteiger partial charge >= 0.3 is 7.60 Å². The predicted octanol–water partition coefficient (Wildman–Crippen LogP) is 3.20. The monoisotopic (exact) mass is 262 g/mol. The van der Waals surface area contributed by atoms with E-state index in [0.717, 1.165) is 0 Å². The van der Waals surface area contributed by atoms with Gasteiger partial charge in [0.25, 0.3) is 0 Å². The minimum Gasteiger partial charge on any atom is -0.309 e. The van der Waals surface area contributed by atoms with Crippen molar-refractivity contribution in [1.82, 2.24) is 0 Å². The van der Waals surface area contributed by atoms with Crippen molar-refractivity contribution < 1.29 is 18.4 Å². The lowest BCUT2D eigenvalue weighted by atomic mass is 10.2. The lowest BCUT2D eigenvalue weighted by molar-refractivity contribution is 0.101. The summed E-state index contributed by atoms with van der Waals surface area (Å²) in [6.07, 6.45) is -0.189. The Morgan fingerprint density at radius 2 is 2.00 bits per heavy atom. The zero-order valence-electron chi connectivity index (χ0n) is 9.34. The third-order valence-electron chi connectivity index (χ3n) is 1.83. The first-order chi connectivity index (χ1) is 7.61. The molecule has 0 bridgehead atoms. The van der Waals surface area contributed by atoms with Crippen LogP contribution in [0.15, 0.2) is 16.8 Å². The zero-order valence-corrected chi connectivity index (χ0v) is 11.1. The molecule has 0 saturated carbocycles. The molecule has 1 rings (SSSR count). The highest BCUT2D eigenvalue weighted by Gasteiger charge is 2.28. The summed E-state index contributed by atoms with van der Waals surface area (Å²) in [6.45, 7) is 3.99. The Morgan fingerprint density at radius 3 is 2.44 bits per heavy atom. The Kier molecular flexibility index (Phi) is 5.35. The highest BCUT2D eigenvalue weighted by atomic mass is 32.1. The Balaban J connectivity index is 2.69. The average Bonchev–Trinajstić information content (AvgIpc) is 2.70. The van der Waals surface area contributed by atoms with Crippen LogP contribution >= 0.6 is 18.9 Å². The van der Waals surface area contributed by atoms with Gasteiger partial charge < -0.3 is 9.05 Å². The third-order valence-corrected chi connectivity index (χ3v) is 4.49. The maximum absolute atomic E-state index is 12.1. The molecule has 0 radical (unpaired) electrons. The summed E-state index contributed by atoms with van der Waals surface area (Å²) >= 11 is 1.43. The average molecular weight is 262 g/mol. The van der Waals surface area contributed by atoms with Gasteiger partial charge in [-0.2, -0.15) is 11.3 Å². The molecule has 0 aliphatic heterocycles. The fourth-order valence-corrected chi connectivity index (χ4v) is 3.45. The first kappa shape index (κ1) is 13.6. The molecule has 90 valence electrons. The minimum absolute atomic E-state index is 0.189. The fourth-order valence-electron chi connectivity index (χ4n) is 1.21. The topological polar surface area (TPSA) is 52.6 Å². The molecule has 6 heteroatoms. The van der Waals surface area contributed by atoms with E-state index in [9.17, 15) is 9.36 Å². The van der Waals surface area contributed by atoms with Gasteiger partial charge in [0.2, 0.25) is 0 Å². The number of hydrogen-bond acceptors (Lipinski definition) is 5. The van der Waals surface area contributed by atoms with Crippen molar-refractivity contribution in [2.24, 2.45) is 0 Å². The number of Topliss-reactive ketones (excluding diaryl/α,β-unsaturated/α-hetero) is 1. The Labute approximate surface area is 99.1 Å². The van der Waals surface area contributed by atoms with Crippen LogP contribution in [0.1, 0.15) is 24.2 Å². The summed E-state index contributed by atoms with van der Waals surface area (Å²) in [4.78, 5) is 11.7. The van der Waals surface area contributed by atoms with Crippen LogP contribution < -0.4 is 0 Å². The summed E-state index contributed by atoms with van der Waals surface area (Å²) in [5, 5.41) is 3.53. The molecule has 1 aromatic rings. The van der Waals surface area contributed by atoms with Gasteiger partial charge in [-0.05, 0) is 25.3 Å². The van der Waals surface area contributed by atoms with Crippen LogP contribution in [0.5, 0.6) is 0 Å². The zero-order chi connectivity index (χ0) is 12.0. The van der Waals surface area contributed by atoms with Crippen molar-refractivity contribution in [3.05, 3.63) is 22.4 Å². The summed E-state index contributed by atoms with van der Waals surface area (Å²) < 4.78 is 22.2. The molecular weight excluding hydrogens is 247 g/mol. The number of ketones is 1. The Morgan fingerprint density at radius 1 is 1.38 bits per heavy atom. The molecule has 0 unspecified atom stereocenters. The Bertz CT molecular complexity index is 364. The molecule has 0 amide bonds. The van der Waals surface area contributed by atoms with Gasteiger partial charge in [0, 0.05) is 10.9 Å². The lowest BCUT2D eigenvalue weighted by Gasteiger charge is -2.15. The van der Waals surface area contributed by atoms with Gasteiger partial charge in [-0.15, -0.1) is 0 Å². The van der Waals surface area contributed by atoms with Crippen LogP contribution in [0.3, 0.4) is 0 Å². The van der Waals surface area contributed by atoms with Crippen molar-refractivity contribution >= 4 is 24.7 Å². The molecule has 1 aromatic heterocycles. The van der Waals surface area contributed by atoms with Crippen molar-refractivity contribution in [1.29, 1.82) is 0 Å². The highest BCUT2D eigenvalue weighted by molar-refractivity contribution is 7.55. The van der Waals surface area contributed by atoms with Gasteiger partial charge in [-0.3, -0.25) is 9.36 Å². The van der Waals surface area contributed by atoms with Crippen molar-refractivity contribution in [3.8, 4) is 0 Å². The second kappa shape index (κ2) is 6.30. The van der Waals surface area contributed by atoms with E-state index in [4.69, 9.17) is 9.05 Å². The van der Waals surface area contributed by atoms with Crippen LogP contribution in [-0.2, 0) is 13.6 Å². The SMILES string of the molecule is CCOP(=O)(CC(=O)c1ccsc1)OCC. The second-order valence-corrected chi connectivity index (χ2v) is 5.87. The van der Waals surface area contributed by atoms with Gasteiger partial charge in [-0.25, -0.2) is 0 Å². The molecule has 0 atom stereocenters. The molecule has 0 aliphatic rings. The molecule has 0 fully saturated rings. The summed E-state index contributed by atoms with van der Waals surface area (Å²) in [6, 6.07) is 1.70. The molecule has 0 saturated heterocycles. The number of thiophene rings is 1. The van der Waals surface area contributed by atoms with Crippen molar-refractivity contribution in [3.63, 3.8) is 0 Å². The molecular formula is C10H15O4PS. The molecule has 4 nitrogen and oxygen atoms in total. The predicted molar refractivity (Wildman–Crippen MR) is 64.4 cm³/mol. The van der Waals surface area contributed by atoms with Crippen LogP contribution in [0.2, 0.25) is 0 Å².